The van der Waals surface area contributed by atoms with Crippen LogP contribution in [0.5, 0.6) is 5.75 Å². The highest BCUT2D eigenvalue weighted by Crippen LogP contribution is 2.31. The van der Waals surface area contributed by atoms with Crippen LogP contribution in [-0.2, 0) is 0 Å². The maximum atomic E-state index is 12.1. The van der Waals surface area contributed by atoms with Crippen molar-refractivity contribution in [1.82, 2.24) is 0 Å². The van der Waals surface area contributed by atoms with Crippen molar-refractivity contribution in [2.75, 3.05) is 6.54 Å². The molecule has 124 valence electrons. The Kier molecular flexibility index (Phi) is 5.59. The van der Waals surface area contributed by atoms with Crippen molar-refractivity contribution >= 4 is 18.0 Å². The highest BCUT2D eigenvalue weighted by molar-refractivity contribution is 7.99. The number of furan rings is 1. The summed E-state index contributed by atoms with van der Waals surface area (Å²) in [5.41, 5.74) is 0. The summed E-state index contributed by atoms with van der Waals surface area (Å²) in [5, 5.41) is 10.1. The molecule has 0 bridgehead atoms. The molecule has 0 saturated carbocycles. The average molecular weight is 346 g/mol. The van der Waals surface area contributed by atoms with E-state index in [9.17, 15) is 18.4 Å². The Morgan fingerprint density at radius 1 is 1.22 bits per heavy atom. The third-order valence-electron chi connectivity index (χ3n) is 2.61. The predicted octanol–water partition coefficient (Wildman–Crippen LogP) is 4.56. The zero-order valence-corrected chi connectivity index (χ0v) is 13.0. The minimum absolute atomic E-state index is 0.272. The number of nitrogens with zero attached hydrogens (tertiary/aromatic N) is 1. The third-order valence-corrected chi connectivity index (χ3v) is 3.54. The second kappa shape index (κ2) is 7.45. The highest BCUT2D eigenvalue weighted by Gasteiger charge is 2.30. The molecule has 0 aliphatic rings. The summed E-state index contributed by atoms with van der Waals surface area (Å²) in [6.45, 7) is 2.43. The Bertz CT molecular complexity index is 665. The molecule has 1 aromatic carbocycles. The first-order valence-electron chi connectivity index (χ1n) is 6.79. The maximum absolute atomic E-state index is 12.1. The van der Waals surface area contributed by atoms with Gasteiger partial charge in [0.15, 0.2) is 17.4 Å². The summed E-state index contributed by atoms with van der Waals surface area (Å²) >= 11 is 1.25. The van der Waals surface area contributed by atoms with E-state index in [1.54, 1.807) is 12.1 Å². The molecule has 0 amide bonds. The van der Waals surface area contributed by atoms with Gasteiger partial charge >= 0.3 is 6.36 Å². The Balaban J connectivity index is 2.00. The van der Waals surface area contributed by atoms with Gasteiger partial charge in [0.1, 0.15) is 5.75 Å². The molecule has 0 fully saturated rings. The molecular formula is C15H15F3NO3S+. The van der Waals surface area contributed by atoms with E-state index in [0.717, 1.165) is 11.2 Å². The van der Waals surface area contributed by atoms with E-state index in [2.05, 4.69) is 4.74 Å². The van der Waals surface area contributed by atoms with Crippen LogP contribution in [0.1, 0.15) is 19.1 Å². The molecule has 1 aromatic heterocycles. The van der Waals surface area contributed by atoms with Gasteiger partial charge in [0, 0.05) is 11.3 Å². The van der Waals surface area contributed by atoms with Crippen LogP contribution < -0.4 is 4.74 Å². The summed E-state index contributed by atoms with van der Waals surface area (Å²) in [6.07, 6.45) is -2.44. The van der Waals surface area contributed by atoms with Crippen molar-refractivity contribution < 1.29 is 32.3 Å². The fourth-order valence-corrected chi connectivity index (χ4v) is 2.50. The second-order valence-corrected chi connectivity index (χ2v) is 5.65. The maximum Gasteiger partial charge on any atom is 0.573 e. The lowest BCUT2D eigenvalue weighted by molar-refractivity contribution is -0.771. The van der Waals surface area contributed by atoms with E-state index in [4.69, 9.17) is 4.42 Å². The largest absolute Gasteiger partial charge is 0.573 e. The molecule has 0 atom stereocenters. The molecule has 4 nitrogen and oxygen atoms in total. The quantitative estimate of drug-likeness (QED) is 0.360. The summed E-state index contributed by atoms with van der Waals surface area (Å²) in [4.78, 5) is 0.704. The summed E-state index contributed by atoms with van der Waals surface area (Å²) in [6, 6.07) is 8.91. The lowest BCUT2D eigenvalue weighted by Crippen LogP contribution is -2.16. The fourth-order valence-electron chi connectivity index (χ4n) is 1.72. The Morgan fingerprint density at radius 2 is 1.91 bits per heavy atom. The van der Waals surface area contributed by atoms with Crippen LogP contribution in [0.3, 0.4) is 0 Å². The summed E-state index contributed by atoms with van der Waals surface area (Å²) in [5.74, 6) is 0.214. The Labute approximate surface area is 135 Å². The van der Waals surface area contributed by atoms with Crippen LogP contribution >= 0.6 is 11.8 Å². The van der Waals surface area contributed by atoms with Crippen molar-refractivity contribution in [3.05, 3.63) is 42.2 Å². The number of hydroxylamine groups is 1. The fraction of sp³-hybridized carbons (Fsp3) is 0.267. The summed E-state index contributed by atoms with van der Waals surface area (Å²) in [7, 11) is 0. The normalized spacial score (nSPS) is 12.4. The van der Waals surface area contributed by atoms with Crippen LogP contribution in [0, 0.1) is 0 Å². The van der Waals surface area contributed by atoms with Gasteiger partial charge in [-0.25, -0.2) is 0 Å². The molecule has 1 heterocycles. The van der Waals surface area contributed by atoms with Crippen molar-refractivity contribution in [2.24, 2.45) is 0 Å². The van der Waals surface area contributed by atoms with Gasteiger partial charge in [-0.1, -0.05) is 18.7 Å². The molecule has 2 rings (SSSR count). The number of alkyl halides is 3. The van der Waals surface area contributed by atoms with Crippen LogP contribution in [-0.4, -0.2) is 29.1 Å². The second-order valence-electron chi connectivity index (χ2n) is 4.57. The number of hydrogen-bond acceptors (Lipinski definition) is 4. The SMILES string of the molecule is CCC/[N+](O)=C/c1ccc(Sc2ccc(OC(F)(F)F)cc2)o1. The smallest absolute Gasteiger partial charge is 0.444 e. The van der Waals surface area contributed by atoms with Gasteiger partial charge in [0.25, 0.3) is 6.21 Å². The van der Waals surface area contributed by atoms with Gasteiger partial charge in [-0.2, -0.15) is 0 Å². The van der Waals surface area contributed by atoms with Gasteiger partial charge in [0.2, 0.25) is 0 Å². The number of hydrogen-bond donors (Lipinski definition) is 1. The Hall–Kier alpha value is -2.09. The molecule has 0 aliphatic heterocycles. The topological polar surface area (TPSA) is 45.6 Å². The minimum atomic E-state index is -4.70. The first-order chi connectivity index (χ1) is 10.9. The number of benzene rings is 1. The number of ether oxygens (including phenoxy) is 1. The van der Waals surface area contributed by atoms with Gasteiger partial charge in [0.05, 0.1) is 0 Å². The zero-order valence-electron chi connectivity index (χ0n) is 12.2. The number of halogens is 3. The van der Waals surface area contributed by atoms with E-state index in [1.165, 1.54) is 42.2 Å². The minimum Gasteiger partial charge on any atom is -0.444 e. The Morgan fingerprint density at radius 3 is 2.52 bits per heavy atom. The standard InChI is InChI=1S/C15H15F3NO3S/c1-2-9-19(20)10-12-5-8-14(21-12)23-13-6-3-11(4-7-13)22-15(16,17)18/h3-8,10,20H,2,9H2,1H3/q+1/b19-10-. The van der Waals surface area contributed by atoms with Crippen LogP contribution in [0.2, 0.25) is 0 Å². The first kappa shape index (κ1) is 17.3. The molecule has 0 aliphatic carbocycles. The molecular weight excluding hydrogens is 331 g/mol. The molecule has 8 heteroatoms. The van der Waals surface area contributed by atoms with Gasteiger partial charge in [-0.3, -0.25) is 5.21 Å². The molecule has 0 radical (unpaired) electrons. The molecule has 1 N–H and O–H groups in total. The molecule has 0 spiro atoms. The molecule has 2 aromatic rings. The molecule has 0 saturated heterocycles. The van der Waals surface area contributed by atoms with Crippen LogP contribution in [0.25, 0.3) is 0 Å². The average Bonchev–Trinajstić information content (AvgIpc) is 2.87. The van der Waals surface area contributed by atoms with E-state index >= 15 is 0 Å². The predicted molar refractivity (Wildman–Crippen MR) is 78.3 cm³/mol. The van der Waals surface area contributed by atoms with Gasteiger partial charge < -0.3 is 9.15 Å². The molecule has 0 unspecified atom stereocenters. The van der Waals surface area contributed by atoms with Crippen molar-refractivity contribution in [2.45, 2.75) is 29.7 Å². The van der Waals surface area contributed by atoms with E-state index in [1.807, 2.05) is 6.92 Å². The highest BCUT2D eigenvalue weighted by atomic mass is 32.2. The summed E-state index contributed by atoms with van der Waals surface area (Å²) < 4.78 is 46.6. The molecule has 23 heavy (non-hydrogen) atoms. The van der Waals surface area contributed by atoms with E-state index in [-0.39, 0.29) is 5.75 Å². The zero-order chi connectivity index (χ0) is 16.9. The van der Waals surface area contributed by atoms with Crippen molar-refractivity contribution in [1.29, 1.82) is 0 Å². The van der Waals surface area contributed by atoms with Crippen LogP contribution in [0.15, 0.2) is 50.8 Å². The van der Waals surface area contributed by atoms with Gasteiger partial charge in [-0.05, 0) is 41.1 Å². The lowest BCUT2D eigenvalue weighted by Gasteiger charge is -2.08. The van der Waals surface area contributed by atoms with Crippen molar-refractivity contribution in [3.63, 3.8) is 0 Å². The van der Waals surface area contributed by atoms with Crippen molar-refractivity contribution in [3.8, 4) is 5.75 Å². The van der Waals surface area contributed by atoms with Gasteiger partial charge in [-0.15, -0.1) is 13.2 Å². The lowest BCUT2D eigenvalue weighted by atomic mass is 10.3. The van der Waals surface area contributed by atoms with Crippen LogP contribution in [0.4, 0.5) is 13.2 Å². The van der Waals surface area contributed by atoms with E-state index in [0.29, 0.717) is 22.3 Å². The third kappa shape index (κ3) is 5.90. The monoisotopic (exact) mass is 346 g/mol. The van der Waals surface area contributed by atoms with E-state index < -0.39 is 6.36 Å². The first-order valence-corrected chi connectivity index (χ1v) is 7.61. The number of rotatable bonds is 6.